The van der Waals surface area contributed by atoms with Gasteiger partial charge in [0.1, 0.15) is 4.90 Å². The molecule has 2 rings (SSSR count). The van der Waals surface area contributed by atoms with Crippen LogP contribution in [0.25, 0.3) is 0 Å². The lowest BCUT2D eigenvalue weighted by Gasteiger charge is -2.26. The number of aromatic nitrogens is 2. The quantitative estimate of drug-likeness (QED) is 0.861. The van der Waals surface area contributed by atoms with E-state index in [0.29, 0.717) is 25.6 Å². The van der Waals surface area contributed by atoms with E-state index in [2.05, 4.69) is 18.9 Å². The monoisotopic (exact) mass is 286 g/mol. The van der Waals surface area contributed by atoms with Crippen LogP contribution < -0.4 is 5.73 Å². The summed E-state index contributed by atoms with van der Waals surface area (Å²) in [5, 5.41) is 4.04. The van der Waals surface area contributed by atoms with Gasteiger partial charge in [-0.05, 0) is 18.8 Å². The predicted octanol–water partition coefficient (Wildman–Crippen LogP) is 0.651. The minimum Gasteiger partial charge on any atom is -0.329 e. The van der Waals surface area contributed by atoms with Gasteiger partial charge < -0.3 is 5.73 Å². The number of rotatable bonds is 5. The third-order valence-electron chi connectivity index (χ3n) is 3.59. The van der Waals surface area contributed by atoms with Crippen LogP contribution in [-0.4, -0.2) is 41.6 Å². The van der Waals surface area contributed by atoms with Crippen LogP contribution in [0.2, 0.25) is 0 Å². The molecule has 1 aromatic rings. The zero-order chi connectivity index (χ0) is 14.0. The maximum absolute atomic E-state index is 12.6. The largest absolute Gasteiger partial charge is 0.329 e. The molecule has 19 heavy (non-hydrogen) atoms. The Hall–Kier alpha value is -0.920. The van der Waals surface area contributed by atoms with E-state index in [0.717, 1.165) is 12.8 Å². The second kappa shape index (κ2) is 5.60. The van der Waals surface area contributed by atoms with Crippen molar-refractivity contribution in [3.8, 4) is 0 Å². The molecular weight excluding hydrogens is 264 g/mol. The van der Waals surface area contributed by atoms with Gasteiger partial charge in [-0.25, -0.2) is 8.42 Å². The van der Waals surface area contributed by atoms with Crippen molar-refractivity contribution in [3.05, 3.63) is 12.4 Å². The molecule has 2 N–H and O–H groups in total. The highest BCUT2D eigenvalue weighted by atomic mass is 32.2. The Bertz CT molecular complexity index is 524. The van der Waals surface area contributed by atoms with Crippen LogP contribution in [0.3, 0.4) is 0 Å². The molecule has 1 fully saturated rings. The van der Waals surface area contributed by atoms with Crippen LogP contribution in [-0.2, 0) is 16.6 Å². The van der Waals surface area contributed by atoms with Crippen molar-refractivity contribution in [1.82, 2.24) is 14.1 Å². The highest BCUT2D eigenvalue weighted by Gasteiger charge is 2.37. The predicted molar refractivity (Wildman–Crippen MR) is 73.0 cm³/mol. The summed E-state index contributed by atoms with van der Waals surface area (Å²) < 4.78 is 28.4. The molecule has 0 aliphatic carbocycles. The van der Waals surface area contributed by atoms with Crippen LogP contribution in [0.1, 0.15) is 26.7 Å². The zero-order valence-electron chi connectivity index (χ0n) is 11.5. The van der Waals surface area contributed by atoms with Crippen molar-refractivity contribution < 1.29 is 8.42 Å². The molecule has 1 unspecified atom stereocenters. The molecule has 6 nitrogen and oxygen atoms in total. The highest BCUT2D eigenvalue weighted by Crippen LogP contribution is 2.29. The van der Waals surface area contributed by atoms with E-state index in [1.165, 1.54) is 6.20 Å². The lowest BCUT2D eigenvalue weighted by molar-refractivity contribution is 0.315. The molecule has 0 aromatic carbocycles. The average molecular weight is 286 g/mol. The van der Waals surface area contributed by atoms with Gasteiger partial charge in [-0.15, -0.1) is 0 Å². The van der Waals surface area contributed by atoms with E-state index in [4.69, 9.17) is 5.73 Å². The van der Waals surface area contributed by atoms with Crippen LogP contribution in [0.15, 0.2) is 17.3 Å². The van der Waals surface area contributed by atoms with Gasteiger partial charge in [0.15, 0.2) is 0 Å². The molecule has 0 saturated carbocycles. The highest BCUT2D eigenvalue weighted by molar-refractivity contribution is 7.89. The Morgan fingerprint density at radius 2 is 2.26 bits per heavy atom. The summed E-state index contributed by atoms with van der Waals surface area (Å²) in [7, 11) is -3.42. The van der Waals surface area contributed by atoms with Crippen molar-refractivity contribution in [2.45, 2.75) is 44.2 Å². The van der Waals surface area contributed by atoms with Gasteiger partial charge in [0.25, 0.3) is 0 Å². The Morgan fingerprint density at radius 1 is 1.53 bits per heavy atom. The Balaban J connectivity index is 2.25. The van der Waals surface area contributed by atoms with Crippen LogP contribution in [0.5, 0.6) is 0 Å². The van der Waals surface area contributed by atoms with Crippen molar-refractivity contribution in [3.63, 3.8) is 0 Å². The number of hydrogen-bond acceptors (Lipinski definition) is 4. The summed E-state index contributed by atoms with van der Waals surface area (Å²) in [5.74, 6) is 0.330. The van der Waals surface area contributed by atoms with E-state index in [1.807, 2.05) is 0 Å². The molecule has 108 valence electrons. The molecule has 7 heteroatoms. The van der Waals surface area contributed by atoms with E-state index < -0.39 is 10.0 Å². The lowest BCUT2D eigenvalue weighted by atomic mass is 10.0. The normalized spacial score (nSPS) is 21.4. The maximum atomic E-state index is 12.6. The molecule has 1 saturated heterocycles. The standard InChI is InChI=1S/C12H22N4O2S/c1-10(2)12-4-3-6-16(12)19(17,18)11-8-14-15(9-11)7-5-13/h8-10,12H,3-7,13H2,1-2H3. The third-order valence-corrected chi connectivity index (χ3v) is 5.47. The topological polar surface area (TPSA) is 81.2 Å². The summed E-state index contributed by atoms with van der Waals surface area (Å²) in [5.41, 5.74) is 5.44. The first kappa shape index (κ1) is 14.5. The molecule has 1 aromatic heterocycles. The van der Waals surface area contributed by atoms with Gasteiger partial charge in [0, 0.05) is 25.3 Å². The van der Waals surface area contributed by atoms with Gasteiger partial charge in [-0.3, -0.25) is 4.68 Å². The van der Waals surface area contributed by atoms with Crippen LogP contribution in [0.4, 0.5) is 0 Å². The molecule has 0 spiro atoms. The number of hydrogen-bond donors (Lipinski definition) is 1. The SMILES string of the molecule is CC(C)C1CCCN1S(=O)(=O)c1cnn(CCN)c1. The Labute approximate surface area is 114 Å². The molecule has 1 atom stereocenters. The minimum atomic E-state index is -3.42. The van der Waals surface area contributed by atoms with E-state index in [-0.39, 0.29) is 10.9 Å². The van der Waals surface area contributed by atoms with Gasteiger partial charge >= 0.3 is 0 Å². The van der Waals surface area contributed by atoms with Crippen LogP contribution >= 0.6 is 0 Å². The van der Waals surface area contributed by atoms with Crippen molar-refractivity contribution in [2.75, 3.05) is 13.1 Å². The van der Waals surface area contributed by atoms with Gasteiger partial charge in [-0.2, -0.15) is 9.40 Å². The zero-order valence-corrected chi connectivity index (χ0v) is 12.3. The first-order valence-electron chi connectivity index (χ1n) is 6.71. The molecule has 0 amide bonds. The number of nitrogens with zero attached hydrogens (tertiary/aromatic N) is 3. The summed E-state index contributed by atoms with van der Waals surface area (Å²) in [6, 6.07) is 0.0999. The first-order chi connectivity index (χ1) is 8.96. The van der Waals surface area contributed by atoms with E-state index >= 15 is 0 Å². The third kappa shape index (κ3) is 2.82. The molecule has 0 radical (unpaired) electrons. The van der Waals surface area contributed by atoms with Crippen LogP contribution in [0, 0.1) is 5.92 Å². The summed E-state index contributed by atoms with van der Waals surface area (Å²) in [6.45, 7) is 5.71. The van der Waals surface area contributed by atoms with Crippen molar-refractivity contribution in [2.24, 2.45) is 11.7 Å². The minimum absolute atomic E-state index is 0.0999. The Kier molecular flexibility index (Phi) is 4.27. The van der Waals surface area contributed by atoms with Gasteiger partial charge in [-0.1, -0.05) is 13.8 Å². The van der Waals surface area contributed by atoms with Gasteiger partial charge in [0.2, 0.25) is 10.0 Å². The summed E-state index contributed by atoms with van der Waals surface area (Å²) >= 11 is 0. The number of nitrogens with two attached hydrogens (primary N) is 1. The molecule has 0 bridgehead atoms. The fourth-order valence-corrected chi connectivity index (χ4v) is 4.38. The van der Waals surface area contributed by atoms with Crippen molar-refractivity contribution in [1.29, 1.82) is 0 Å². The van der Waals surface area contributed by atoms with Crippen molar-refractivity contribution >= 4 is 10.0 Å². The Morgan fingerprint density at radius 3 is 2.89 bits per heavy atom. The first-order valence-corrected chi connectivity index (χ1v) is 8.15. The maximum Gasteiger partial charge on any atom is 0.246 e. The smallest absolute Gasteiger partial charge is 0.246 e. The van der Waals surface area contributed by atoms with E-state index in [1.54, 1.807) is 15.2 Å². The molecule has 1 aliphatic heterocycles. The summed E-state index contributed by atoms with van der Waals surface area (Å²) in [6.07, 6.45) is 4.85. The lowest BCUT2D eigenvalue weighted by Crippen LogP contribution is -2.38. The average Bonchev–Trinajstić information content (AvgIpc) is 2.97. The fraction of sp³-hybridized carbons (Fsp3) is 0.750. The number of sulfonamides is 1. The molecule has 1 aliphatic rings. The summed E-state index contributed by atoms with van der Waals surface area (Å²) in [4.78, 5) is 0.272. The fourth-order valence-electron chi connectivity index (χ4n) is 2.60. The molecular formula is C12H22N4O2S. The van der Waals surface area contributed by atoms with E-state index in [9.17, 15) is 8.42 Å². The second-order valence-corrected chi connectivity index (χ2v) is 7.19. The molecule has 2 heterocycles. The second-order valence-electron chi connectivity index (χ2n) is 5.30. The van der Waals surface area contributed by atoms with Gasteiger partial charge in [0.05, 0.1) is 12.7 Å².